The molecule has 324 valence electrons. The second kappa shape index (κ2) is 38.5. The van der Waals surface area contributed by atoms with Gasteiger partial charge in [0.15, 0.2) is 0 Å². The molecule has 0 spiro atoms. The summed E-state index contributed by atoms with van der Waals surface area (Å²) >= 11 is 0. The van der Waals surface area contributed by atoms with Gasteiger partial charge in [-0.3, -0.25) is 9.36 Å². The molecular formula is C47H85N2O6P. The van der Waals surface area contributed by atoms with Crippen molar-refractivity contribution in [2.45, 2.75) is 180 Å². The van der Waals surface area contributed by atoms with Crippen LogP contribution in [0.25, 0.3) is 0 Å². The monoisotopic (exact) mass is 805 g/mol. The van der Waals surface area contributed by atoms with Gasteiger partial charge in [-0.1, -0.05) is 157 Å². The molecule has 9 heteroatoms. The highest BCUT2D eigenvalue weighted by Crippen LogP contribution is 2.38. The van der Waals surface area contributed by atoms with Crippen LogP contribution in [0, 0.1) is 0 Å². The second-order valence-corrected chi connectivity index (χ2v) is 17.4. The smallest absolute Gasteiger partial charge is 0.268 e. The topological polar surface area (TPSA) is 108 Å². The quantitative estimate of drug-likeness (QED) is 0.0277. The fraction of sp³-hybridized carbons (Fsp3) is 0.723. The zero-order valence-electron chi connectivity index (χ0n) is 36.6. The number of aliphatic hydroxyl groups is 1. The fourth-order valence-corrected chi connectivity index (χ4v) is 6.51. The molecule has 0 aliphatic heterocycles. The summed E-state index contributed by atoms with van der Waals surface area (Å²) in [6, 6.07) is -0.915. The SMILES string of the molecule is CCC/C=C/CC/C=C/CC/C=C/C(O)C(COP(=O)([O-])OCC[N+](C)(C)C)NC(=O)CCCCCCCCCC/C=C\C/C=C\C/C=C\CCCCCCC. The van der Waals surface area contributed by atoms with Crippen LogP contribution < -0.4 is 10.2 Å². The molecule has 2 N–H and O–H groups in total. The first kappa shape index (κ1) is 53.9. The molecule has 56 heavy (non-hydrogen) atoms. The van der Waals surface area contributed by atoms with E-state index in [1.807, 2.05) is 27.2 Å². The van der Waals surface area contributed by atoms with Gasteiger partial charge in [-0.25, -0.2) is 0 Å². The molecule has 0 saturated carbocycles. The minimum Gasteiger partial charge on any atom is -0.756 e. The summed E-state index contributed by atoms with van der Waals surface area (Å²) in [4.78, 5) is 25.3. The van der Waals surface area contributed by atoms with Gasteiger partial charge < -0.3 is 28.8 Å². The van der Waals surface area contributed by atoms with Gasteiger partial charge in [0, 0.05) is 6.42 Å². The first-order valence-electron chi connectivity index (χ1n) is 22.3. The number of aliphatic hydroxyl groups excluding tert-OH is 1. The number of rotatable bonds is 39. The number of unbranched alkanes of at least 4 members (excludes halogenated alkanes) is 16. The highest BCUT2D eigenvalue weighted by molar-refractivity contribution is 7.45. The minimum absolute atomic E-state index is 0.0142. The lowest BCUT2D eigenvalue weighted by Gasteiger charge is -2.29. The van der Waals surface area contributed by atoms with Crippen molar-refractivity contribution in [2.24, 2.45) is 0 Å². The van der Waals surface area contributed by atoms with E-state index in [9.17, 15) is 19.4 Å². The Morgan fingerprint density at radius 1 is 0.625 bits per heavy atom. The van der Waals surface area contributed by atoms with E-state index >= 15 is 0 Å². The van der Waals surface area contributed by atoms with Crippen LogP contribution in [-0.2, 0) is 18.4 Å². The first-order valence-corrected chi connectivity index (χ1v) is 23.8. The van der Waals surface area contributed by atoms with Crippen LogP contribution in [-0.4, -0.2) is 68.5 Å². The lowest BCUT2D eigenvalue weighted by Crippen LogP contribution is -2.45. The molecule has 1 amide bonds. The molecule has 0 aromatic carbocycles. The molecule has 8 nitrogen and oxygen atoms in total. The largest absolute Gasteiger partial charge is 0.756 e. The molecular weight excluding hydrogens is 719 g/mol. The molecule has 0 aromatic rings. The van der Waals surface area contributed by atoms with Crippen molar-refractivity contribution in [3.63, 3.8) is 0 Å². The highest BCUT2D eigenvalue weighted by Gasteiger charge is 2.23. The van der Waals surface area contributed by atoms with Crippen LogP contribution in [0.1, 0.15) is 168 Å². The van der Waals surface area contributed by atoms with Gasteiger partial charge in [0.1, 0.15) is 13.2 Å². The van der Waals surface area contributed by atoms with Crippen LogP contribution in [0.3, 0.4) is 0 Å². The molecule has 0 rings (SSSR count). The van der Waals surface area contributed by atoms with Crippen molar-refractivity contribution >= 4 is 13.7 Å². The Labute approximate surface area is 344 Å². The first-order chi connectivity index (χ1) is 27.0. The Morgan fingerprint density at radius 2 is 1.09 bits per heavy atom. The van der Waals surface area contributed by atoms with E-state index in [1.54, 1.807) is 6.08 Å². The van der Waals surface area contributed by atoms with Gasteiger partial charge in [0.25, 0.3) is 7.82 Å². The molecule has 0 aromatic heterocycles. The van der Waals surface area contributed by atoms with E-state index in [0.29, 0.717) is 17.4 Å². The number of amides is 1. The van der Waals surface area contributed by atoms with Gasteiger partial charge in [-0.2, -0.15) is 0 Å². The Kier molecular flexibility index (Phi) is 37.0. The van der Waals surface area contributed by atoms with Crippen molar-refractivity contribution in [1.29, 1.82) is 0 Å². The van der Waals surface area contributed by atoms with Crippen molar-refractivity contribution in [3.05, 3.63) is 72.9 Å². The highest BCUT2D eigenvalue weighted by atomic mass is 31.2. The molecule has 0 fully saturated rings. The number of phosphoric acid groups is 1. The average molecular weight is 805 g/mol. The number of nitrogens with zero attached hydrogens (tertiary/aromatic N) is 1. The number of nitrogens with one attached hydrogen (secondary N) is 1. The summed E-state index contributed by atoms with van der Waals surface area (Å²) in [5.41, 5.74) is 0. The number of quaternary nitrogens is 1. The van der Waals surface area contributed by atoms with E-state index in [4.69, 9.17) is 9.05 Å². The lowest BCUT2D eigenvalue weighted by atomic mass is 10.1. The average Bonchev–Trinajstić information content (AvgIpc) is 3.15. The summed E-state index contributed by atoms with van der Waals surface area (Å²) in [7, 11) is 1.21. The van der Waals surface area contributed by atoms with E-state index in [2.05, 4.69) is 79.9 Å². The zero-order chi connectivity index (χ0) is 41.4. The number of carbonyl (C=O) groups excluding carboxylic acids is 1. The van der Waals surface area contributed by atoms with Crippen LogP contribution in [0.4, 0.5) is 0 Å². The van der Waals surface area contributed by atoms with Crippen LogP contribution >= 0.6 is 7.82 Å². The lowest BCUT2D eigenvalue weighted by molar-refractivity contribution is -0.870. The maximum atomic E-state index is 12.8. The summed E-state index contributed by atoms with van der Waals surface area (Å²) in [5.74, 6) is -0.225. The van der Waals surface area contributed by atoms with Crippen molar-refractivity contribution < 1.29 is 32.9 Å². The Morgan fingerprint density at radius 3 is 1.62 bits per heavy atom. The maximum absolute atomic E-state index is 12.8. The number of carbonyl (C=O) groups is 1. The van der Waals surface area contributed by atoms with E-state index < -0.39 is 26.6 Å². The summed E-state index contributed by atoms with van der Waals surface area (Å²) in [5, 5.41) is 13.7. The third-order valence-corrected chi connectivity index (χ3v) is 10.3. The molecule has 0 radical (unpaired) electrons. The van der Waals surface area contributed by atoms with Gasteiger partial charge in [-0.15, -0.1) is 0 Å². The molecule has 0 bridgehead atoms. The van der Waals surface area contributed by atoms with E-state index in [0.717, 1.165) is 77.0 Å². The standard InChI is InChI=1S/C47H85N2O6P/c1-6-8-10-12-14-16-18-19-20-21-22-23-24-25-26-27-28-29-31-33-35-37-39-41-47(51)48-45(44-55-56(52,53)54-43-42-49(3,4)5)46(50)40-38-36-34-32-30-17-15-13-11-9-7-2/h11,13,18-19,21-22,24-25,30,32,38,40,45-46,50H,6-10,12,14-17,20,23,26-29,31,33-37,39,41-44H2,1-5H3,(H-,48,51,52,53)/b13-11+,19-18-,22-21-,25-24-,32-30+,40-38+. The third-order valence-electron chi connectivity index (χ3n) is 9.35. The molecule has 3 atom stereocenters. The minimum atomic E-state index is -4.60. The summed E-state index contributed by atoms with van der Waals surface area (Å²) in [6.45, 7) is 4.50. The molecule has 0 saturated heterocycles. The second-order valence-electron chi connectivity index (χ2n) is 16.0. The third kappa shape index (κ3) is 40.1. The van der Waals surface area contributed by atoms with Gasteiger partial charge in [-0.05, 0) is 77.0 Å². The number of hydrogen-bond donors (Lipinski definition) is 2. The van der Waals surface area contributed by atoms with Crippen LogP contribution in [0.5, 0.6) is 0 Å². The van der Waals surface area contributed by atoms with Crippen LogP contribution in [0.15, 0.2) is 72.9 Å². The fourth-order valence-electron chi connectivity index (χ4n) is 5.78. The van der Waals surface area contributed by atoms with E-state index in [1.165, 1.54) is 70.6 Å². The predicted molar refractivity (Wildman–Crippen MR) is 237 cm³/mol. The Hall–Kier alpha value is -2.06. The number of hydrogen-bond acceptors (Lipinski definition) is 6. The van der Waals surface area contributed by atoms with Gasteiger partial charge >= 0.3 is 0 Å². The molecule has 0 aliphatic carbocycles. The number of likely N-dealkylation sites (N-methyl/N-ethyl adjacent to an activating group) is 1. The normalized spacial score (nSPS) is 15.1. The number of phosphoric ester groups is 1. The maximum Gasteiger partial charge on any atom is 0.268 e. The Balaban J connectivity index is 4.37. The summed E-state index contributed by atoms with van der Waals surface area (Å²) < 4.78 is 23.1. The zero-order valence-corrected chi connectivity index (χ0v) is 37.5. The molecule has 0 heterocycles. The van der Waals surface area contributed by atoms with Gasteiger partial charge in [0.2, 0.25) is 5.91 Å². The van der Waals surface area contributed by atoms with Gasteiger partial charge in [0.05, 0.1) is 39.9 Å². The predicted octanol–water partition coefficient (Wildman–Crippen LogP) is 11.8. The van der Waals surface area contributed by atoms with Crippen molar-refractivity contribution in [3.8, 4) is 0 Å². The molecule has 3 unspecified atom stereocenters. The number of allylic oxidation sites excluding steroid dienone is 11. The Bertz CT molecular complexity index is 1140. The summed E-state index contributed by atoms with van der Waals surface area (Å²) in [6.07, 6.45) is 51.0. The molecule has 0 aliphatic rings. The van der Waals surface area contributed by atoms with Crippen LogP contribution in [0.2, 0.25) is 0 Å². The van der Waals surface area contributed by atoms with Crippen molar-refractivity contribution in [1.82, 2.24) is 5.32 Å². The van der Waals surface area contributed by atoms with E-state index in [-0.39, 0.29) is 12.5 Å². The van der Waals surface area contributed by atoms with Crippen molar-refractivity contribution in [2.75, 3.05) is 40.9 Å².